The molecule has 4 heteroatoms. The van der Waals surface area contributed by atoms with Crippen molar-refractivity contribution in [3.05, 3.63) is 29.3 Å². The highest BCUT2D eigenvalue weighted by Crippen LogP contribution is 2.19. The Hall–Kier alpha value is -1.39. The minimum absolute atomic E-state index is 0.0204. The third-order valence-corrected chi connectivity index (χ3v) is 3.36. The van der Waals surface area contributed by atoms with Crippen molar-refractivity contribution in [3.8, 4) is 0 Å². The second kappa shape index (κ2) is 8.72. The summed E-state index contributed by atoms with van der Waals surface area (Å²) in [5.74, 6) is 0.0204. The van der Waals surface area contributed by atoms with E-state index in [1.807, 2.05) is 44.0 Å². The van der Waals surface area contributed by atoms with E-state index in [1.165, 1.54) is 0 Å². The Balaban J connectivity index is 2.39. The van der Waals surface area contributed by atoms with Crippen LogP contribution < -0.4 is 5.32 Å². The molecule has 1 aromatic rings. The Kier molecular flexibility index (Phi) is 7.26. The molecule has 112 valence electrons. The second-order valence-electron chi connectivity index (χ2n) is 5.34. The highest BCUT2D eigenvalue weighted by atomic mass is 16.2. The molecule has 1 amide bonds. The number of hydrogen-bond acceptors (Lipinski definition) is 3. The summed E-state index contributed by atoms with van der Waals surface area (Å²) >= 11 is 0. The Morgan fingerprint density at radius 2 is 1.85 bits per heavy atom. The highest BCUT2D eigenvalue weighted by molar-refractivity contribution is 5.93. The Bertz CT molecular complexity index is 412. The molecule has 0 unspecified atom stereocenters. The van der Waals surface area contributed by atoms with Crippen molar-refractivity contribution in [1.82, 2.24) is 4.90 Å². The molecule has 4 nitrogen and oxygen atoms in total. The molecule has 0 aromatic heterocycles. The molecular weight excluding hydrogens is 252 g/mol. The number of aliphatic hydroxyl groups is 1. The molecule has 0 aliphatic carbocycles. The van der Waals surface area contributed by atoms with Crippen LogP contribution in [-0.2, 0) is 4.79 Å². The number of nitrogens with one attached hydrogen (secondary N) is 1. The molecule has 0 fully saturated rings. The van der Waals surface area contributed by atoms with Crippen molar-refractivity contribution >= 4 is 11.6 Å². The second-order valence-corrected chi connectivity index (χ2v) is 5.34. The van der Waals surface area contributed by atoms with E-state index in [-0.39, 0.29) is 12.5 Å². The molecule has 0 saturated heterocycles. The van der Waals surface area contributed by atoms with E-state index in [0.29, 0.717) is 6.54 Å². The van der Waals surface area contributed by atoms with Crippen LogP contribution in [0.15, 0.2) is 18.2 Å². The molecule has 0 atom stereocenters. The number of rotatable bonds is 8. The lowest BCUT2D eigenvalue weighted by molar-refractivity contribution is -0.117. The van der Waals surface area contributed by atoms with Gasteiger partial charge in [-0.3, -0.25) is 9.69 Å². The number of nitrogens with zero attached hydrogens (tertiary/aromatic N) is 1. The summed E-state index contributed by atoms with van der Waals surface area (Å²) in [5.41, 5.74) is 3.10. The number of likely N-dealkylation sites (N-methyl/N-ethyl adjacent to an activating group) is 1. The topological polar surface area (TPSA) is 52.6 Å². The van der Waals surface area contributed by atoms with Crippen molar-refractivity contribution in [1.29, 1.82) is 0 Å². The number of carbonyl (C=O) groups is 1. The van der Waals surface area contributed by atoms with E-state index >= 15 is 0 Å². The fourth-order valence-corrected chi connectivity index (χ4v) is 2.19. The van der Waals surface area contributed by atoms with Gasteiger partial charge in [0.2, 0.25) is 5.91 Å². The van der Waals surface area contributed by atoms with Crippen LogP contribution >= 0.6 is 0 Å². The highest BCUT2D eigenvalue weighted by Gasteiger charge is 2.09. The van der Waals surface area contributed by atoms with Crippen molar-refractivity contribution < 1.29 is 9.90 Å². The molecule has 0 heterocycles. The zero-order valence-electron chi connectivity index (χ0n) is 12.8. The van der Waals surface area contributed by atoms with E-state index in [9.17, 15) is 4.79 Å². The Morgan fingerprint density at radius 1 is 1.20 bits per heavy atom. The van der Waals surface area contributed by atoms with Gasteiger partial charge in [-0.05, 0) is 57.8 Å². The number of aliphatic hydroxyl groups excluding tert-OH is 1. The minimum atomic E-state index is 0.0204. The number of carbonyl (C=O) groups excluding carboxylic acids is 1. The summed E-state index contributed by atoms with van der Waals surface area (Å²) in [6.45, 7) is 5.52. The van der Waals surface area contributed by atoms with E-state index in [1.54, 1.807) is 0 Å². The summed E-state index contributed by atoms with van der Waals surface area (Å²) in [7, 11) is 1.95. The van der Waals surface area contributed by atoms with Crippen LogP contribution in [-0.4, -0.2) is 42.7 Å². The van der Waals surface area contributed by atoms with Gasteiger partial charge in [0.05, 0.1) is 6.54 Å². The summed E-state index contributed by atoms with van der Waals surface area (Å²) in [6.07, 6.45) is 2.84. The van der Waals surface area contributed by atoms with Gasteiger partial charge in [0.25, 0.3) is 0 Å². The van der Waals surface area contributed by atoms with Gasteiger partial charge in [0.1, 0.15) is 0 Å². The zero-order valence-corrected chi connectivity index (χ0v) is 12.8. The normalized spacial score (nSPS) is 10.8. The monoisotopic (exact) mass is 278 g/mol. The Morgan fingerprint density at radius 3 is 2.45 bits per heavy atom. The summed E-state index contributed by atoms with van der Waals surface area (Å²) in [5, 5.41) is 11.7. The lowest BCUT2D eigenvalue weighted by Crippen LogP contribution is -2.31. The number of aryl methyl sites for hydroxylation is 2. The van der Waals surface area contributed by atoms with E-state index in [4.69, 9.17) is 5.11 Å². The largest absolute Gasteiger partial charge is 0.396 e. The van der Waals surface area contributed by atoms with Crippen LogP contribution in [0.4, 0.5) is 5.69 Å². The van der Waals surface area contributed by atoms with Crippen LogP contribution in [0, 0.1) is 13.8 Å². The van der Waals surface area contributed by atoms with Crippen LogP contribution in [0.5, 0.6) is 0 Å². The molecule has 0 saturated carbocycles. The standard InChI is InChI=1S/C16H26N2O2/c1-13-8-7-9-14(2)16(13)17-15(20)12-18(3)10-5-4-6-11-19/h7-9,19H,4-6,10-12H2,1-3H3,(H,17,20). The quantitative estimate of drug-likeness (QED) is 0.718. The maximum Gasteiger partial charge on any atom is 0.238 e. The Labute approximate surface area is 121 Å². The summed E-state index contributed by atoms with van der Waals surface area (Å²) in [4.78, 5) is 14.0. The molecule has 1 aromatic carbocycles. The molecule has 0 aliphatic rings. The number of hydrogen-bond donors (Lipinski definition) is 2. The number of unbranched alkanes of at least 4 members (excludes halogenated alkanes) is 2. The molecule has 0 spiro atoms. The first kappa shape index (κ1) is 16.7. The molecule has 2 N–H and O–H groups in total. The van der Waals surface area contributed by atoms with Gasteiger partial charge in [0, 0.05) is 12.3 Å². The van der Waals surface area contributed by atoms with Gasteiger partial charge >= 0.3 is 0 Å². The lowest BCUT2D eigenvalue weighted by Gasteiger charge is -2.17. The van der Waals surface area contributed by atoms with Crippen LogP contribution in [0.25, 0.3) is 0 Å². The number of benzene rings is 1. The fraction of sp³-hybridized carbons (Fsp3) is 0.562. The maximum absolute atomic E-state index is 12.0. The number of amides is 1. The van der Waals surface area contributed by atoms with Gasteiger partial charge in [-0.25, -0.2) is 0 Å². The first-order valence-electron chi connectivity index (χ1n) is 7.20. The first-order chi connectivity index (χ1) is 9.54. The SMILES string of the molecule is Cc1cccc(C)c1NC(=O)CN(C)CCCCCO. The van der Waals surface area contributed by atoms with E-state index in [0.717, 1.165) is 42.6 Å². The predicted molar refractivity (Wildman–Crippen MR) is 83.0 cm³/mol. The molecule has 0 radical (unpaired) electrons. The number of anilines is 1. The van der Waals surface area contributed by atoms with Gasteiger partial charge in [-0.15, -0.1) is 0 Å². The average Bonchev–Trinajstić information content (AvgIpc) is 2.39. The van der Waals surface area contributed by atoms with Gasteiger partial charge in [0.15, 0.2) is 0 Å². The fourth-order valence-electron chi connectivity index (χ4n) is 2.19. The van der Waals surface area contributed by atoms with Crippen molar-refractivity contribution in [3.63, 3.8) is 0 Å². The third-order valence-electron chi connectivity index (χ3n) is 3.36. The molecule has 1 rings (SSSR count). The summed E-state index contributed by atoms with van der Waals surface area (Å²) < 4.78 is 0. The predicted octanol–water partition coefficient (Wildman–Crippen LogP) is 2.34. The van der Waals surface area contributed by atoms with Crippen LogP contribution in [0.3, 0.4) is 0 Å². The molecule has 0 bridgehead atoms. The summed E-state index contributed by atoms with van der Waals surface area (Å²) in [6, 6.07) is 6.00. The smallest absolute Gasteiger partial charge is 0.238 e. The van der Waals surface area contributed by atoms with E-state index in [2.05, 4.69) is 5.32 Å². The van der Waals surface area contributed by atoms with Crippen molar-refractivity contribution in [2.24, 2.45) is 0 Å². The van der Waals surface area contributed by atoms with Crippen molar-refractivity contribution in [2.75, 3.05) is 32.1 Å². The van der Waals surface area contributed by atoms with Crippen LogP contribution in [0.1, 0.15) is 30.4 Å². The lowest BCUT2D eigenvalue weighted by atomic mass is 10.1. The zero-order chi connectivity index (χ0) is 15.0. The van der Waals surface area contributed by atoms with E-state index < -0.39 is 0 Å². The minimum Gasteiger partial charge on any atom is -0.396 e. The molecule has 0 aliphatic heterocycles. The van der Waals surface area contributed by atoms with Gasteiger partial charge in [-0.1, -0.05) is 18.2 Å². The average molecular weight is 278 g/mol. The van der Waals surface area contributed by atoms with Crippen molar-refractivity contribution in [2.45, 2.75) is 33.1 Å². The maximum atomic E-state index is 12.0. The number of para-hydroxylation sites is 1. The van der Waals surface area contributed by atoms with Gasteiger partial charge < -0.3 is 10.4 Å². The first-order valence-corrected chi connectivity index (χ1v) is 7.20. The molecular formula is C16H26N2O2. The molecule has 20 heavy (non-hydrogen) atoms. The van der Waals surface area contributed by atoms with Crippen LogP contribution in [0.2, 0.25) is 0 Å². The van der Waals surface area contributed by atoms with Gasteiger partial charge in [-0.2, -0.15) is 0 Å². The third kappa shape index (κ3) is 5.72.